The van der Waals surface area contributed by atoms with Crippen molar-refractivity contribution >= 4 is 28.3 Å². The predicted octanol–water partition coefficient (Wildman–Crippen LogP) is 3.91. The first-order valence-electron chi connectivity index (χ1n) is 9.11. The maximum atomic E-state index is 11.9. The van der Waals surface area contributed by atoms with E-state index in [1.165, 1.54) is 22.8 Å². The lowest BCUT2D eigenvalue weighted by molar-refractivity contribution is -0.127. The van der Waals surface area contributed by atoms with Gasteiger partial charge in [0.05, 0.1) is 0 Å². The fourth-order valence-electron chi connectivity index (χ4n) is 3.75. The molecule has 132 valence electrons. The van der Waals surface area contributed by atoms with Gasteiger partial charge < -0.3 is 9.80 Å². The van der Waals surface area contributed by atoms with Crippen LogP contribution in [-0.2, 0) is 4.79 Å². The Balaban J connectivity index is 1.53. The van der Waals surface area contributed by atoms with Gasteiger partial charge in [-0.05, 0) is 24.5 Å². The van der Waals surface area contributed by atoms with Crippen molar-refractivity contribution in [3.05, 3.63) is 35.7 Å². The average molecular weight is 356 g/mol. The van der Waals surface area contributed by atoms with Crippen molar-refractivity contribution < 1.29 is 4.79 Å². The first-order valence-corrected chi connectivity index (χ1v) is 9.88. The molecule has 3 heterocycles. The molecule has 1 unspecified atom stereocenters. The van der Waals surface area contributed by atoms with Crippen molar-refractivity contribution in [2.75, 3.05) is 24.5 Å². The summed E-state index contributed by atoms with van der Waals surface area (Å²) in [5.74, 6) is 2.02. The second-order valence-electron chi connectivity index (χ2n) is 7.23. The van der Waals surface area contributed by atoms with Crippen molar-refractivity contribution in [3.8, 4) is 0 Å². The summed E-state index contributed by atoms with van der Waals surface area (Å²) < 4.78 is 4.51. The molecule has 1 fully saturated rings. The highest BCUT2D eigenvalue weighted by atomic mass is 32.1. The van der Waals surface area contributed by atoms with Crippen LogP contribution in [0.4, 0.5) is 10.8 Å². The topological polar surface area (TPSA) is 49.3 Å². The summed E-state index contributed by atoms with van der Waals surface area (Å²) in [6.07, 6.45) is 2.74. The SMILES string of the molecule is CC(C)c1nsc(N2CC(CCN3CCCC3=O)c3ccccc32)n1. The monoisotopic (exact) mass is 356 g/mol. The largest absolute Gasteiger partial charge is 0.343 e. The van der Waals surface area contributed by atoms with E-state index in [1.54, 1.807) is 0 Å². The maximum absolute atomic E-state index is 11.9. The van der Waals surface area contributed by atoms with E-state index in [0.29, 0.717) is 17.7 Å². The van der Waals surface area contributed by atoms with Gasteiger partial charge in [-0.1, -0.05) is 32.0 Å². The van der Waals surface area contributed by atoms with Crippen molar-refractivity contribution in [3.63, 3.8) is 0 Å². The molecule has 6 heteroatoms. The van der Waals surface area contributed by atoms with Crippen LogP contribution in [0.3, 0.4) is 0 Å². The van der Waals surface area contributed by atoms with Gasteiger partial charge in [-0.15, -0.1) is 0 Å². The van der Waals surface area contributed by atoms with E-state index in [0.717, 1.165) is 49.9 Å². The molecule has 0 bridgehead atoms. The Bertz CT molecular complexity index is 772. The summed E-state index contributed by atoms with van der Waals surface area (Å²) in [5.41, 5.74) is 2.61. The van der Waals surface area contributed by atoms with Crippen molar-refractivity contribution in [1.29, 1.82) is 0 Å². The molecule has 1 atom stereocenters. The number of para-hydroxylation sites is 1. The molecule has 1 aromatic carbocycles. The standard InChI is InChI=1S/C19H24N4OS/c1-13(2)18-20-19(25-21-18)23-12-14(15-6-3-4-7-16(15)23)9-11-22-10-5-8-17(22)24/h3-4,6-7,13-14H,5,8-12H2,1-2H3. The number of carbonyl (C=O) groups excluding carboxylic acids is 1. The molecule has 0 spiro atoms. The molecular weight excluding hydrogens is 332 g/mol. The number of nitrogens with zero attached hydrogens (tertiary/aromatic N) is 4. The third kappa shape index (κ3) is 3.15. The minimum Gasteiger partial charge on any atom is -0.343 e. The first kappa shape index (κ1) is 16.5. The van der Waals surface area contributed by atoms with Gasteiger partial charge in [0.1, 0.15) is 5.82 Å². The van der Waals surface area contributed by atoms with E-state index in [-0.39, 0.29) is 0 Å². The van der Waals surface area contributed by atoms with Crippen LogP contribution in [0.25, 0.3) is 0 Å². The highest BCUT2D eigenvalue weighted by Gasteiger charge is 2.32. The summed E-state index contributed by atoms with van der Waals surface area (Å²) in [6.45, 7) is 6.96. The number of benzene rings is 1. The average Bonchev–Trinajstić information content (AvgIpc) is 3.31. The Morgan fingerprint density at radius 2 is 2.16 bits per heavy atom. The molecule has 25 heavy (non-hydrogen) atoms. The fourth-order valence-corrected chi connectivity index (χ4v) is 4.58. The van der Waals surface area contributed by atoms with Gasteiger partial charge in [-0.25, -0.2) is 4.98 Å². The Hall–Kier alpha value is -1.95. The van der Waals surface area contributed by atoms with Crippen LogP contribution in [0.15, 0.2) is 24.3 Å². The van der Waals surface area contributed by atoms with Gasteiger partial charge in [0.15, 0.2) is 0 Å². The predicted molar refractivity (Wildman–Crippen MR) is 101 cm³/mol. The van der Waals surface area contributed by atoms with E-state index < -0.39 is 0 Å². The van der Waals surface area contributed by atoms with Crippen LogP contribution in [0.1, 0.15) is 56.3 Å². The van der Waals surface area contributed by atoms with Gasteiger partial charge >= 0.3 is 0 Å². The summed E-state index contributed by atoms with van der Waals surface area (Å²) in [5, 5.41) is 0.982. The van der Waals surface area contributed by atoms with Crippen LogP contribution in [-0.4, -0.2) is 39.8 Å². The zero-order valence-electron chi connectivity index (χ0n) is 14.8. The smallest absolute Gasteiger partial charge is 0.222 e. The molecule has 2 aliphatic rings. The second kappa shape index (κ2) is 6.75. The molecule has 0 aliphatic carbocycles. The number of carbonyl (C=O) groups is 1. The number of likely N-dealkylation sites (tertiary alicyclic amines) is 1. The van der Waals surface area contributed by atoms with Crippen LogP contribution in [0, 0.1) is 0 Å². The number of amides is 1. The molecule has 1 amide bonds. The number of rotatable bonds is 5. The number of hydrogen-bond acceptors (Lipinski definition) is 5. The maximum Gasteiger partial charge on any atom is 0.222 e. The quantitative estimate of drug-likeness (QED) is 0.815. The van der Waals surface area contributed by atoms with E-state index in [1.807, 2.05) is 4.90 Å². The van der Waals surface area contributed by atoms with E-state index in [9.17, 15) is 4.79 Å². The minimum absolute atomic E-state index is 0.314. The van der Waals surface area contributed by atoms with Gasteiger partial charge in [0.25, 0.3) is 0 Å². The Kier molecular flexibility index (Phi) is 4.46. The first-order chi connectivity index (χ1) is 12.1. The zero-order valence-corrected chi connectivity index (χ0v) is 15.6. The van der Waals surface area contributed by atoms with Crippen LogP contribution in [0.2, 0.25) is 0 Å². The van der Waals surface area contributed by atoms with Crippen molar-refractivity contribution in [2.45, 2.75) is 44.9 Å². The van der Waals surface area contributed by atoms with Gasteiger partial charge in [0, 0.05) is 55.1 Å². The Morgan fingerprint density at radius 1 is 1.32 bits per heavy atom. The molecular formula is C19H24N4OS. The third-order valence-electron chi connectivity index (χ3n) is 5.17. The second-order valence-corrected chi connectivity index (χ2v) is 7.96. The Labute approximate surface area is 152 Å². The summed E-state index contributed by atoms with van der Waals surface area (Å²) in [7, 11) is 0. The lowest BCUT2D eigenvalue weighted by Gasteiger charge is -2.19. The fraction of sp³-hybridized carbons (Fsp3) is 0.526. The molecule has 2 aromatic rings. The number of fused-ring (bicyclic) bond motifs is 1. The van der Waals surface area contributed by atoms with Crippen molar-refractivity contribution in [2.24, 2.45) is 0 Å². The van der Waals surface area contributed by atoms with Gasteiger partial charge in [0.2, 0.25) is 11.0 Å². The minimum atomic E-state index is 0.314. The van der Waals surface area contributed by atoms with E-state index in [2.05, 4.69) is 47.4 Å². The number of aromatic nitrogens is 2. The zero-order chi connectivity index (χ0) is 17.4. The number of anilines is 2. The molecule has 0 N–H and O–H groups in total. The number of hydrogen-bond donors (Lipinski definition) is 0. The van der Waals surface area contributed by atoms with Gasteiger partial charge in [-0.3, -0.25) is 4.79 Å². The molecule has 2 aliphatic heterocycles. The molecule has 1 aromatic heterocycles. The Morgan fingerprint density at radius 3 is 2.88 bits per heavy atom. The lowest BCUT2D eigenvalue weighted by Crippen LogP contribution is -2.27. The molecule has 5 nitrogen and oxygen atoms in total. The normalized spacial score (nSPS) is 20.0. The highest BCUT2D eigenvalue weighted by molar-refractivity contribution is 7.09. The van der Waals surface area contributed by atoms with Crippen molar-refractivity contribution in [1.82, 2.24) is 14.3 Å². The highest BCUT2D eigenvalue weighted by Crippen LogP contribution is 2.43. The summed E-state index contributed by atoms with van der Waals surface area (Å²) in [4.78, 5) is 20.9. The van der Waals surface area contributed by atoms with Gasteiger partial charge in [-0.2, -0.15) is 4.37 Å². The summed E-state index contributed by atoms with van der Waals surface area (Å²) in [6, 6.07) is 8.58. The van der Waals surface area contributed by atoms with Crippen LogP contribution in [0.5, 0.6) is 0 Å². The molecule has 1 saturated heterocycles. The molecule has 4 rings (SSSR count). The van der Waals surface area contributed by atoms with Crippen LogP contribution >= 0.6 is 11.5 Å². The van der Waals surface area contributed by atoms with Crippen LogP contribution < -0.4 is 4.90 Å². The third-order valence-corrected chi connectivity index (χ3v) is 5.92. The molecule has 0 saturated carbocycles. The van der Waals surface area contributed by atoms with E-state index >= 15 is 0 Å². The lowest BCUT2D eigenvalue weighted by atomic mass is 9.98. The summed E-state index contributed by atoms with van der Waals surface area (Å²) >= 11 is 1.48. The molecule has 0 radical (unpaired) electrons. The van der Waals surface area contributed by atoms with E-state index in [4.69, 9.17) is 4.98 Å².